The van der Waals surface area contributed by atoms with Gasteiger partial charge < -0.3 is 14.2 Å². The molecular weight excluding hydrogens is 600 g/mol. The molecular formula is C25H22Br2N2O5S. The second-order valence-corrected chi connectivity index (χ2v) is 10.4. The Morgan fingerprint density at radius 1 is 1.17 bits per heavy atom. The lowest BCUT2D eigenvalue weighted by molar-refractivity contribution is -0.139. The van der Waals surface area contributed by atoms with Crippen LogP contribution in [0, 0.1) is 0 Å². The van der Waals surface area contributed by atoms with Gasteiger partial charge in [0.1, 0.15) is 0 Å². The summed E-state index contributed by atoms with van der Waals surface area (Å²) >= 11 is 8.34. The summed E-state index contributed by atoms with van der Waals surface area (Å²) in [5.74, 6) is 0.463. The first-order valence-electron chi connectivity index (χ1n) is 10.7. The summed E-state index contributed by atoms with van der Waals surface area (Å²) in [6.07, 6.45) is 1.82. The van der Waals surface area contributed by atoms with Gasteiger partial charge in [-0.25, -0.2) is 9.79 Å². The molecule has 1 aliphatic rings. The number of fused-ring (bicyclic) bond motifs is 1. The van der Waals surface area contributed by atoms with Crippen LogP contribution >= 0.6 is 43.2 Å². The molecule has 0 saturated heterocycles. The number of thiazole rings is 1. The average molecular weight is 622 g/mol. The van der Waals surface area contributed by atoms with Gasteiger partial charge in [0.2, 0.25) is 0 Å². The van der Waals surface area contributed by atoms with Gasteiger partial charge in [-0.05, 0) is 55.3 Å². The van der Waals surface area contributed by atoms with Gasteiger partial charge in [0.15, 0.2) is 16.3 Å². The lowest BCUT2D eigenvalue weighted by Crippen LogP contribution is -2.40. The number of ether oxygens (including phenoxy) is 3. The smallest absolute Gasteiger partial charge is 0.338 e. The molecule has 1 atom stereocenters. The molecule has 7 nitrogen and oxygen atoms in total. The summed E-state index contributed by atoms with van der Waals surface area (Å²) in [4.78, 5) is 31.9. The molecule has 35 heavy (non-hydrogen) atoms. The van der Waals surface area contributed by atoms with Crippen molar-refractivity contribution in [1.29, 1.82) is 0 Å². The molecule has 0 aliphatic carbocycles. The molecule has 0 amide bonds. The highest BCUT2D eigenvalue weighted by molar-refractivity contribution is 9.10. The van der Waals surface area contributed by atoms with E-state index in [1.807, 2.05) is 30.3 Å². The zero-order chi connectivity index (χ0) is 25.3. The van der Waals surface area contributed by atoms with Crippen molar-refractivity contribution in [2.45, 2.75) is 19.9 Å². The van der Waals surface area contributed by atoms with Crippen molar-refractivity contribution in [2.24, 2.45) is 4.99 Å². The van der Waals surface area contributed by atoms with Gasteiger partial charge in [0.05, 0.1) is 42.7 Å². The molecule has 1 aromatic heterocycles. The minimum Gasteiger partial charge on any atom is -0.493 e. The Hall–Kier alpha value is -2.69. The van der Waals surface area contributed by atoms with E-state index in [9.17, 15) is 9.59 Å². The van der Waals surface area contributed by atoms with Crippen LogP contribution in [-0.2, 0) is 9.53 Å². The van der Waals surface area contributed by atoms with Crippen LogP contribution in [0.2, 0.25) is 0 Å². The van der Waals surface area contributed by atoms with E-state index in [2.05, 4.69) is 36.9 Å². The highest BCUT2D eigenvalue weighted by Crippen LogP contribution is 2.40. The predicted octanol–water partition coefficient (Wildman–Crippen LogP) is 4.34. The van der Waals surface area contributed by atoms with Crippen LogP contribution in [0.3, 0.4) is 0 Å². The summed E-state index contributed by atoms with van der Waals surface area (Å²) in [6.45, 7) is 3.68. The summed E-state index contributed by atoms with van der Waals surface area (Å²) in [5.41, 5.74) is 2.05. The molecule has 3 aromatic rings. The largest absolute Gasteiger partial charge is 0.493 e. The van der Waals surface area contributed by atoms with Gasteiger partial charge in [-0.1, -0.05) is 55.3 Å². The number of carbonyl (C=O) groups is 1. The Bertz CT molecular complexity index is 1520. The lowest BCUT2D eigenvalue weighted by atomic mass is 9.95. The molecule has 182 valence electrons. The van der Waals surface area contributed by atoms with Gasteiger partial charge >= 0.3 is 5.97 Å². The molecule has 10 heteroatoms. The Balaban J connectivity index is 2.02. The SMILES string of the molecule is CCOC(=O)C1=C(C)N=c2s/c(=C\c3cccc(Br)c3)c(=O)n2C1c1cc(OC)c(OC)cc1Br. The number of methoxy groups -OCH3 is 2. The second kappa shape index (κ2) is 10.5. The summed E-state index contributed by atoms with van der Waals surface area (Å²) in [6, 6.07) is 10.4. The molecule has 0 fully saturated rings. The van der Waals surface area contributed by atoms with Crippen molar-refractivity contribution in [1.82, 2.24) is 4.57 Å². The number of rotatable bonds is 6. The third-order valence-electron chi connectivity index (χ3n) is 5.46. The van der Waals surface area contributed by atoms with E-state index < -0.39 is 12.0 Å². The molecule has 0 saturated carbocycles. The summed E-state index contributed by atoms with van der Waals surface area (Å²) < 4.78 is 19.9. The summed E-state index contributed by atoms with van der Waals surface area (Å²) in [5, 5.41) is 0. The van der Waals surface area contributed by atoms with E-state index >= 15 is 0 Å². The third kappa shape index (κ3) is 4.87. The number of esters is 1. The van der Waals surface area contributed by atoms with Crippen LogP contribution in [0.5, 0.6) is 11.5 Å². The van der Waals surface area contributed by atoms with Crippen LogP contribution in [0.15, 0.2) is 66.4 Å². The quantitative estimate of drug-likeness (QED) is 0.383. The number of hydrogen-bond acceptors (Lipinski definition) is 7. The van der Waals surface area contributed by atoms with Crippen molar-refractivity contribution in [3.63, 3.8) is 0 Å². The number of allylic oxidation sites excluding steroid dienone is 1. The van der Waals surface area contributed by atoms with Crippen LogP contribution in [-0.4, -0.2) is 31.4 Å². The fourth-order valence-electron chi connectivity index (χ4n) is 3.91. The zero-order valence-electron chi connectivity index (χ0n) is 19.4. The number of halogens is 2. The number of nitrogens with zero attached hydrogens (tertiary/aromatic N) is 2. The van der Waals surface area contributed by atoms with E-state index in [4.69, 9.17) is 14.2 Å². The zero-order valence-corrected chi connectivity index (χ0v) is 23.4. The van der Waals surface area contributed by atoms with Crippen LogP contribution in [0.4, 0.5) is 0 Å². The molecule has 1 unspecified atom stereocenters. The van der Waals surface area contributed by atoms with Crippen LogP contribution in [0.1, 0.15) is 31.0 Å². The molecule has 1 aliphatic heterocycles. The lowest BCUT2D eigenvalue weighted by Gasteiger charge is -2.26. The Labute approximate surface area is 222 Å². The second-order valence-electron chi connectivity index (χ2n) is 7.59. The molecule has 0 bridgehead atoms. The van der Waals surface area contributed by atoms with Crippen molar-refractivity contribution in [2.75, 3.05) is 20.8 Å². The average Bonchev–Trinajstić information content (AvgIpc) is 3.12. The highest BCUT2D eigenvalue weighted by Gasteiger charge is 2.35. The molecule has 2 aromatic carbocycles. The minimum atomic E-state index is -0.774. The minimum absolute atomic E-state index is 0.197. The fourth-order valence-corrected chi connectivity index (χ4v) is 5.92. The fraction of sp³-hybridized carbons (Fsp3) is 0.240. The van der Waals surface area contributed by atoms with E-state index in [0.717, 1.165) is 10.0 Å². The molecule has 4 rings (SSSR count). The van der Waals surface area contributed by atoms with Gasteiger partial charge in [0.25, 0.3) is 5.56 Å². The highest BCUT2D eigenvalue weighted by atomic mass is 79.9. The standard InChI is InChI=1S/C25H22Br2N2O5S/c1-5-34-24(31)21-13(2)28-25-29(22(21)16-11-18(32-3)19(33-4)12-17(16)27)23(30)20(35-25)10-14-7-6-8-15(26)9-14/h6-12,22H,5H2,1-4H3/b20-10-. The Kier molecular flexibility index (Phi) is 7.63. The van der Waals surface area contributed by atoms with Crippen LogP contribution in [0.25, 0.3) is 6.08 Å². The number of hydrogen-bond donors (Lipinski definition) is 0. The van der Waals surface area contributed by atoms with E-state index in [1.165, 1.54) is 18.4 Å². The van der Waals surface area contributed by atoms with E-state index in [1.54, 1.807) is 37.7 Å². The first-order valence-corrected chi connectivity index (χ1v) is 13.1. The molecule has 0 radical (unpaired) electrons. The maximum absolute atomic E-state index is 13.7. The first kappa shape index (κ1) is 25.4. The van der Waals surface area contributed by atoms with Crippen molar-refractivity contribution in [3.8, 4) is 11.5 Å². The molecule has 2 heterocycles. The topological polar surface area (TPSA) is 79.1 Å². The maximum atomic E-state index is 13.7. The van der Waals surface area contributed by atoms with E-state index in [-0.39, 0.29) is 12.2 Å². The monoisotopic (exact) mass is 620 g/mol. The van der Waals surface area contributed by atoms with Gasteiger partial charge in [-0.15, -0.1) is 0 Å². The van der Waals surface area contributed by atoms with Crippen molar-refractivity contribution >= 4 is 55.2 Å². The molecule has 0 N–H and O–H groups in total. The normalized spacial score (nSPS) is 15.5. The number of carbonyl (C=O) groups excluding carboxylic acids is 1. The van der Waals surface area contributed by atoms with Crippen molar-refractivity contribution < 1.29 is 19.0 Å². The molecule has 0 spiro atoms. The Morgan fingerprint density at radius 2 is 1.89 bits per heavy atom. The van der Waals surface area contributed by atoms with E-state index in [0.29, 0.717) is 42.1 Å². The predicted molar refractivity (Wildman–Crippen MR) is 142 cm³/mol. The van der Waals surface area contributed by atoms with Crippen LogP contribution < -0.4 is 24.4 Å². The van der Waals surface area contributed by atoms with Gasteiger partial charge in [-0.2, -0.15) is 0 Å². The van der Waals surface area contributed by atoms with Gasteiger partial charge in [-0.3, -0.25) is 9.36 Å². The summed E-state index contributed by atoms with van der Waals surface area (Å²) in [7, 11) is 3.08. The maximum Gasteiger partial charge on any atom is 0.338 e. The first-order chi connectivity index (χ1) is 16.8. The van der Waals surface area contributed by atoms with Crippen molar-refractivity contribution in [3.05, 3.63) is 87.4 Å². The Morgan fingerprint density at radius 3 is 2.54 bits per heavy atom. The third-order valence-corrected chi connectivity index (χ3v) is 7.62. The number of aromatic nitrogens is 1. The van der Waals surface area contributed by atoms with Gasteiger partial charge in [0, 0.05) is 8.95 Å². The number of benzene rings is 2.